The molecule has 8 heteroatoms. The second-order valence-electron chi connectivity index (χ2n) is 3.75. The molecule has 1 aromatic carbocycles. The molecule has 2 N–H and O–H groups in total. The number of aromatic amines is 2. The van der Waals surface area contributed by atoms with Gasteiger partial charge < -0.3 is 4.98 Å². The molecule has 0 aliphatic heterocycles. The fourth-order valence-electron chi connectivity index (χ4n) is 1.85. The SMILES string of the molecule is S=c1[nH]n2c(-c3nc4ccccc4[nH]3)nnc2s1. The molecular formula is C10H6N6S2. The van der Waals surface area contributed by atoms with Crippen LogP contribution in [0.1, 0.15) is 0 Å². The summed E-state index contributed by atoms with van der Waals surface area (Å²) in [4.78, 5) is 8.43. The van der Waals surface area contributed by atoms with Crippen LogP contribution >= 0.6 is 23.6 Å². The molecule has 0 radical (unpaired) electrons. The van der Waals surface area contributed by atoms with E-state index in [0.29, 0.717) is 15.6 Å². The predicted octanol–water partition coefficient (Wildman–Crippen LogP) is 2.39. The molecule has 4 aromatic rings. The van der Waals surface area contributed by atoms with Crippen molar-refractivity contribution in [2.45, 2.75) is 0 Å². The van der Waals surface area contributed by atoms with Gasteiger partial charge in [-0.15, -0.1) is 10.2 Å². The zero-order chi connectivity index (χ0) is 12.1. The molecule has 0 bridgehead atoms. The van der Waals surface area contributed by atoms with Gasteiger partial charge in [-0.3, -0.25) is 5.10 Å². The average molecular weight is 274 g/mol. The lowest BCUT2D eigenvalue weighted by Crippen LogP contribution is -1.91. The van der Waals surface area contributed by atoms with Gasteiger partial charge in [-0.05, 0) is 24.4 Å². The van der Waals surface area contributed by atoms with Crippen molar-refractivity contribution in [1.29, 1.82) is 0 Å². The summed E-state index contributed by atoms with van der Waals surface area (Å²) >= 11 is 6.47. The second kappa shape index (κ2) is 3.47. The lowest BCUT2D eigenvalue weighted by atomic mass is 10.3. The van der Waals surface area contributed by atoms with Gasteiger partial charge in [-0.1, -0.05) is 23.5 Å². The van der Waals surface area contributed by atoms with Crippen molar-refractivity contribution in [3.05, 3.63) is 28.2 Å². The molecule has 88 valence electrons. The topological polar surface area (TPSA) is 74.7 Å². The van der Waals surface area contributed by atoms with E-state index >= 15 is 0 Å². The van der Waals surface area contributed by atoms with Crippen LogP contribution in [0.5, 0.6) is 0 Å². The molecule has 0 fully saturated rings. The number of aromatic nitrogens is 6. The molecule has 0 spiro atoms. The minimum Gasteiger partial charge on any atom is -0.335 e. The molecule has 0 saturated carbocycles. The third-order valence-corrected chi connectivity index (χ3v) is 3.69. The number of benzene rings is 1. The summed E-state index contributed by atoms with van der Waals surface area (Å²) in [6.45, 7) is 0. The number of rotatable bonds is 1. The van der Waals surface area contributed by atoms with Crippen molar-refractivity contribution >= 4 is 39.5 Å². The fraction of sp³-hybridized carbons (Fsp3) is 0. The first kappa shape index (κ1) is 9.92. The quantitative estimate of drug-likeness (QED) is 0.523. The van der Waals surface area contributed by atoms with Gasteiger partial charge in [-0.2, -0.15) is 0 Å². The van der Waals surface area contributed by atoms with E-state index in [9.17, 15) is 0 Å². The molecule has 0 unspecified atom stereocenters. The molecule has 0 atom stereocenters. The summed E-state index contributed by atoms with van der Waals surface area (Å²) < 4.78 is 2.40. The lowest BCUT2D eigenvalue weighted by Gasteiger charge is -1.89. The highest BCUT2D eigenvalue weighted by molar-refractivity contribution is 7.73. The van der Waals surface area contributed by atoms with Crippen LogP contribution in [0, 0.1) is 3.95 Å². The molecule has 4 rings (SSSR count). The van der Waals surface area contributed by atoms with Crippen molar-refractivity contribution in [2.75, 3.05) is 0 Å². The maximum atomic E-state index is 5.08. The number of hydrogen-bond acceptors (Lipinski definition) is 5. The van der Waals surface area contributed by atoms with E-state index in [1.54, 1.807) is 4.52 Å². The molecule has 3 aromatic heterocycles. The van der Waals surface area contributed by atoms with Gasteiger partial charge in [0.15, 0.2) is 9.78 Å². The maximum absolute atomic E-state index is 5.08. The van der Waals surface area contributed by atoms with Crippen molar-refractivity contribution in [3.63, 3.8) is 0 Å². The second-order valence-corrected chi connectivity index (χ2v) is 5.39. The summed E-state index contributed by atoms with van der Waals surface area (Å²) in [5.41, 5.74) is 1.87. The number of nitrogens with one attached hydrogen (secondary N) is 2. The summed E-state index contributed by atoms with van der Waals surface area (Å²) in [5.74, 6) is 1.31. The maximum Gasteiger partial charge on any atom is 0.234 e. The van der Waals surface area contributed by atoms with Gasteiger partial charge in [0, 0.05) is 0 Å². The predicted molar refractivity (Wildman–Crippen MR) is 71.1 cm³/mol. The van der Waals surface area contributed by atoms with Crippen molar-refractivity contribution in [1.82, 2.24) is 29.8 Å². The summed E-state index contributed by atoms with van der Waals surface area (Å²) in [6, 6.07) is 7.83. The highest BCUT2D eigenvalue weighted by atomic mass is 32.1. The van der Waals surface area contributed by atoms with Gasteiger partial charge in [0.2, 0.25) is 10.8 Å². The van der Waals surface area contributed by atoms with E-state index in [4.69, 9.17) is 12.2 Å². The first-order valence-electron chi connectivity index (χ1n) is 5.20. The van der Waals surface area contributed by atoms with Gasteiger partial charge >= 0.3 is 0 Å². The first-order valence-corrected chi connectivity index (χ1v) is 6.43. The zero-order valence-electron chi connectivity index (χ0n) is 8.91. The Balaban J connectivity index is 2.03. The molecule has 18 heavy (non-hydrogen) atoms. The molecular weight excluding hydrogens is 268 g/mol. The van der Waals surface area contributed by atoms with E-state index in [2.05, 4.69) is 25.3 Å². The monoisotopic (exact) mass is 274 g/mol. The Kier molecular flexibility index (Phi) is 1.91. The van der Waals surface area contributed by atoms with Crippen LogP contribution in [0.4, 0.5) is 0 Å². The minimum absolute atomic E-state index is 0.633. The molecule has 0 amide bonds. The van der Waals surface area contributed by atoms with Crippen molar-refractivity contribution < 1.29 is 0 Å². The number of fused-ring (bicyclic) bond motifs is 2. The Morgan fingerprint density at radius 2 is 2.11 bits per heavy atom. The number of nitrogens with zero attached hydrogens (tertiary/aromatic N) is 4. The Labute approximate surface area is 109 Å². The van der Waals surface area contributed by atoms with Crippen LogP contribution in [-0.4, -0.2) is 29.8 Å². The largest absolute Gasteiger partial charge is 0.335 e. The number of para-hydroxylation sites is 2. The van der Waals surface area contributed by atoms with Gasteiger partial charge in [-0.25, -0.2) is 9.50 Å². The number of H-pyrrole nitrogens is 2. The highest BCUT2D eigenvalue weighted by Crippen LogP contribution is 2.20. The smallest absolute Gasteiger partial charge is 0.234 e. The standard InChI is InChI=1S/C10H6N6S2/c17-10-15-16-8(13-14-9(16)18-10)7-11-5-3-1-2-4-6(5)12-7/h1-4H,(H,11,12)(H,15,17). The zero-order valence-corrected chi connectivity index (χ0v) is 10.5. The van der Waals surface area contributed by atoms with E-state index in [1.165, 1.54) is 11.3 Å². The van der Waals surface area contributed by atoms with E-state index in [-0.39, 0.29) is 0 Å². The fourth-order valence-corrected chi connectivity index (χ4v) is 2.77. The van der Waals surface area contributed by atoms with E-state index < -0.39 is 0 Å². The molecule has 0 aliphatic carbocycles. The number of imidazole rings is 1. The average Bonchev–Trinajstić information content (AvgIpc) is 3.00. The molecule has 0 aliphatic rings. The Hall–Kier alpha value is -2.06. The number of hydrogen-bond donors (Lipinski definition) is 2. The van der Waals surface area contributed by atoms with E-state index in [1.807, 2.05) is 24.3 Å². The normalized spacial score (nSPS) is 11.6. The van der Waals surface area contributed by atoms with Gasteiger partial charge in [0.25, 0.3) is 0 Å². The first-order chi connectivity index (χ1) is 8.81. The van der Waals surface area contributed by atoms with Crippen LogP contribution in [0.25, 0.3) is 27.6 Å². The third kappa shape index (κ3) is 1.33. The Morgan fingerprint density at radius 1 is 1.22 bits per heavy atom. The lowest BCUT2D eigenvalue weighted by molar-refractivity contribution is 0.946. The molecule has 6 nitrogen and oxygen atoms in total. The summed E-state index contributed by atoms with van der Waals surface area (Å²) in [6.07, 6.45) is 0. The Bertz CT molecular complexity index is 878. The van der Waals surface area contributed by atoms with E-state index in [0.717, 1.165) is 16.0 Å². The van der Waals surface area contributed by atoms with Crippen LogP contribution in [-0.2, 0) is 0 Å². The van der Waals surface area contributed by atoms with Gasteiger partial charge in [0.05, 0.1) is 11.0 Å². The third-order valence-electron chi connectivity index (χ3n) is 2.62. The Morgan fingerprint density at radius 3 is 3.00 bits per heavy atom. The van der Waals surface area contributed by atoms with Gasteiger partial charge in [0.1, 0.15) is 0 Å². The highest BCUT2D eigenvalue weighted by Gasteiger charge is 2.13. The molecule has 0 saturated heterocycles. The summed E-state index contributed by atoms with van der Waals surface area (Å²) in [7, 11) is 0. The van der Waals surface area contributed by atoms with Crippen molar-refractivity contribution in [3.8, 4) is 11.6 Å². The van der Waals surface area contributed by atoms with Crippen LogP contribution in [0.2, 0.25) is 0 Å². The molecule has 3 heterocycles. The van der Waals surface area contributed by atoms with Crippen LogP contribution in [0.3, 0.4) is 0 Å². The van der Waals surface area contributed by atoms with Crippen LogP contribution in [0.15, 0.2) is 24.3 Å². The summed E-state index contributed by atoms with van der Waals surface area (Å²) in [5, 5.41) is 11.2. The minimum atomic E-state index is 0.633. The van der Waals surface area contributed by atoms with Crippen molar-refractivity contribution in [2.24, 2.45) is 0 Å². The van der Waals surface area contributed by atoms with Crippen LogP contribution < -0.4 is 0 Å².